The monoisotopic (exact) mass is 407 g/mol. The SMILES string of the molecule is CC1=NCC(C/C(=C/[N+](=O)[O-])CNCNCc2ccc(F)cc2F)C1C/C=C\N. The molecule has 0 radical (unpaired) electrons. The third kappa shape index (κ3) is 7.35. The van der Waals surface area contributed by atoms with Crippen LogP contribution in [0.1, 0.15) is 25.3 Å². The Morgan fingerprint density at radius 1 is 1.41 bits per heavy atom. The topological polar surface area (TPSA) is 106 Å². The lowest BCUT2D eigenvalue weighted by Gasteiger charge is -2.19. The second-order valence-electron chi connectivity index (χ2n) is 7.06. The third-order valence-electron chi connectivity index (χ3n) is 4.95. The Labute approximate surface area is 168 Å². The third-order valence-corrected chi connectivity index (χ3v) is 4.95. The van der Waals surface area contributed by atoms with Crippen molar-refractivity contribution >= 4 is 5.71 Å². The summed E-state index contributed by atoms with van der Waals surface area (Å²) in [5.41, 5.74) is 7.50. The molecule has 1 aliphatic heterocycles. The number of allylic oxidation sites excluding steroid dienone is 1. The van der Waals surface area contributed by atoms with Crippen molar-refractivity contribution in [3.63, 3.8) is 0 Å². The van der Waals surface area contributed by atoms with E-state index in [4.69, 9.17) is 5.73 Å². The van der Waals surface area contributed by atoms with E-state index in [0.717, 1.165) is 24.4 Å². The molecule has 0 spiro atoms. The normalized spacial score (nSPS) is 19.7. The average Bonchev–Trinajstić information content (AvgIpc) is 3.00. The van der Waals surface area contributed by atoms with Gasteiger partial charge in [0.25, 0.3) is 0 Å². The van der Waals surface area contributed by atoms with Crippen LogP contribution in [0.5, 0.6) is 0 Å². The van der Waals surface area contributed by atoms with Crippen LogP contribution < -0.4 is 16.4 Å². The van der Waals surface area contributed by atoms with E-state index >= 15 is 0 Å². The first-order valence-corrected chi connectivity index (χ1v) is 9.46. The first kappa shape index (κ1) is 22.6. The Balaban J connectivity index is 1.84. The fraction of sp³-hybridized carbons (Fsp3) is 0.450. The number of nitro groups is 1. The summed E-state index contributed by atoms with van der Waals surface area (Å²) in [6.45, 7) is 3.49. The molecule has 1 aromatic rings. The van der Waals surface area contributed by atoms with Crippen LogP contribution in [-0.2, 0) is 6.54 Å². The molecule has 2 atom stereocenters. The fourth-order valence-electron chi connectivity index (χ4n) is 3.47. The van der Waals surface area contributed by atoms with Crippen molar-refractivity contribution in [1.29, 1.82) is 0 Å². The van der Waals surface area contributed by atoms with Crippen molar-refractivity contribution < 1.29 is 13.7 Å². The van der Waals surface area contributed by atoms with Gasteiger partial charge < -0.3 is 16.4 Å². The minimum atomic E-state index is -0.620. The maximum Gasteiger partial charge on any atom is 0.234 e. The van der Waals surface area contributed by atoms with Crippen LogP contribution >= 0.6 is 0 Å². The van der Waals surface area contributed by atoms with Crippen LogP contribution in [0.4, 0.5) is 8.78 Å². The van der Waals surface area contributed by atoms with E-state index in [9.17, 15) is 18.9 Å². The van der Waals surface area contributed by atoms with Gasteiger partial charge in [-0.05, 0) is 37.9 Å². The summed E-state index contributed by atoms with van der Waals surface area (Å²) >= 11 is 0. The zero-order valence-electron chi connectivity index (χ0n) is 16.4. The molecule has 0 saturated heterocycles. The number of nitrogens with two attached hydrogens (primary N) is 1. The Bertz CT molecular complexity index is 795. The highest BCUT2D eigenvalue weighted by molar-refractivity contribution is 5.86. The number of benzene rings is 1. The summed E-state index contributed by atoms with van der Waals surface area (Å²) in [6.07, 6.45) is 5.75. The van der Waals surface area contributed by atoms with Gasteiger partial charge in [-0.3, -0.25) is 15.1 Å². The molecule has 1 heterocycles. The maximum atomic E-state index is 13.6. The van der Waals surface area contributed by atoms with E-state index in [2.05, 4.69) is 15.6 Å². The van der Waals surface area contributed by atoms with Gasteiger partial charge in [0.05, 0.1) is 4.92 Å². The number of nitrogens with zero attached hydrogens (tertiary/aromatic N) is 2. The molecule has 0 saturated carbocycles. The summed E-state index contributed by atoms with van der Waals surface area (Å²) in [7, 11) is 0. The molecule has 1 aliphatic rings. The van der Waals surface area contributed by atoms with Gasteiger partial charge in [0, 0.05) is 55.1 Å². The molecule has 0 amide bonds. The molecule has 0 aromatic heterocycles. The van der Waals surface area contributed by atoms with Crippen molar-refractivity contribution in [2.75, 3.05) is 19.8 Å². The number of halogens is 2. The smallest absolute Gasteiger partial charge is 0.234 e. The van der Waals surface area contributed by atoms with E-state index in [0.29, 0.717) is 37.3 Å². The molecule has 2 unspecified atom stereocenters. The highest BCUT2D eigenvalue weighted by Crippen LogP contribution is 2.30. The van der Waals surface area contributed by atoms with Crippen LogP contribution in [0.3, 0.4) is 0 Å². The predicted molar refractivity (Wildman–Crippen MR) is 109 cm³/mol. The summed E-state index contributed by atoms with van der Waals surface area (Å²) in [5, 5.41) is 17.1. The first-order valence-electron chi connectivity index (χ1n) is 9.46. The van der Waals surface area contributed by atoms with Gasteiger partial charge in [-0.25, -0.2) is 8.78 Å². The Morgan fingerprint density at radius 3 is 2.90 bits per heavy atom. The molecule has 7 nitrogen and oxygen atoms in total. The summed E-state index contributed by atoms with van der Waals surface area (Å²) in [6, 6.07) is 3.42. The van der Waals surface area contributed by atoms with E-state index in [1.165, 1.54) is 18.3 Å². The molecule has 1 aromatic carbocycles. The van der Waals surface area contributed by atoms with Gasteiger partial charge in [0.1, 0.15) is 11.6 Å². The molecule has 0 bridgehead atoms. The minimum absolute atomic E-state index is 0.195. The lowest BCUT2D eigenvalue weighted by atomic mass is 9.84. The van der Waals surface area contributed by atoms with E-state index < -0.39 is 16.6 Å². The van der Waals surface area contributed by atoms with Crippen molar-refractivity contribution in [3.8, 4) is 0 Å². The van der Waals surface area contributed by atoms with Gasteiger partial charge in [-0.1, -0.05) is 12.1 Å². The molecule has 0 fully saturated rings. The van der Waals surface area contributed by atoms with Crippen molar-refractivity contribution in [2.24, 2.45) is 22.6 Å². The van der Waals surface area contributed by atoms with E-state index in [1.54, 1.807) is 0 Å². The van der Waals surface area contributed by atoms with Crippen LogP contribution in [-0.4, -0.2) is 30.4 Å². The Hall–Kier alpha value is -2.65. The van der Waals surface area contributed by atoms with Crippen LogP contribution in [0, 0.1) is 33.6 Å². The van der Waals surface area contributed by atoms with Crippen LogP contribution in [0.25, 0.3) is 0 Å². The first-order chi connectivity index (χ1) is 13.9. The minimum Gasteiger partial charge on any atom is -0.405 e. The Kier molecular flexibility index (Phi) is 8.88. The van der Waals surface area contributed by atoms with Gasteiger partial charge in [-0.15, -0.1) is 0 Å². The fourth-order valence-corrected chi connectivity index (χ4v) is 3.47. The number of nitrogens with one attached hydrogen (secondary N) is 2. The molecule has 4 N–H and O–H groups in total. The van der Waals surface area contributed by atoms with Gasteiger partial charge in [0.15, 0.2) is 0 Å². The van der Waals surface area contributed by atoms with Gasteiger partial charge in [0.2, 0.25) is 6.20 Å². The molecule has 29 heavy (non-hydrogen) atoms. The molecular weight excluding hydrogens is 380 g/mol. The van der Waals surface area contributed by atoms with E-state index in [1.807, 2.05) is 13.0 Å². The lowest BCUT2D eigenvalue weighted by molar-refractivity contribution is -0.403. The number of aliphatic imine (C=N–C) groups is 1. The zero-order chi connectivity index (χ0) is 21.2. The van der Waals surface area contributed by atoms with Crippen molar-refractivity contribution in [1.82, 2.24) is 10.6 Å². The molecular formula is C20H27F2N5O2. The maximum absolute atomic E-state index is 13.6. The Morgan fingerprint density at radius 2 is 2.21 bits per heavy atom. The molecule has 0 aliphatic carbocycles. The number of hydrogen-bond acceptors (Lipinski definition) is 6. The largest absolute Gasteiger partial charge is 0.405 e. The number of hydrogen-bond donors (Lipinski definition) is 3. The summed E-state index contributed by atoms with van der Waals surface area (Å²) < 4.78 is 26.5. The standard InChI is InChI=1S/C20H27F2N5O2/c1-14-19(3-2-6-23)17(11-26-14)7-15(12-27(28)29)9-24-13-25-10-16-4-5-18(21)8-20(16)22/h2,4-6,8,12,17,19,24-25H,3,7,9-11,13,23H2,1H3/b6-2-,15-12-. The second-order valence-corrected chi connectivity index (χ2v) is 7.06. The van der Waals surface area contributed by atoms with Crippen molar-refractivity contribution in [2.45, 2.75) is 26.3 Å². The summed E-state index contributed by atoms with van der Waals surface area (Å²) in [5.74, 6) is -0.809. The van der Waals surface area contributed by atoms with Gasteiger partial charge >= 0.3 is 0 Å². The second kappa shape index (κ2) is 11.4. The van der Waals surface area contributed by atoms with Gasteiger partial charge in [-0.2, -0.15) is 0 Å². The highest BCUT2D eigenvalue weighted by atomic mass is 19.1. The predicted octanol–water partition coefficient (Wildman–Crippen LogP) is 2.72. The van der Waals surface area contributed by atoms with Crippen molar-refractivity contribution in [3.05, 3.63) is 69.6 Å². The molecule has 2 rings (SSSR count). The quantitative estimate of drug-likeness (QED) is 0.226. The lowest BCUT2D eigenvalue weighted by Crippen LogP contribution is -2.31. The number of rotatable bonds is 11. The molecule has 9 heteroatoms. The zero-order valence-corrected chi connectivity index (χ0v) is 16.4. The average molecular weight is 407 g/mol. The van der Waals surface area contributed by atoms with E-state index in [-0.39, 0.29) is 18.4 Å². The molecule has 158 valence electrons. The highest BCUT2D eigenvalue weighted by Gasteiger charge is 2.29. The van der Waals surface area contributed by atoms with Crippen LogP contribution in [0.2, 0.25) is 0 Å². The van der Waals surface area contributed by atoms with Crippen LogP contribution in [0.15, 0.2) is 47.2 Å². The summed E-state index contributed by atoms with van der Waals surface area (Å²) in [4.78, 5) is 15.0.